The van der Waals surface area contributed by atoms with E-state index >= 15 is 0 Å². The molecule has 570 valence electrons. The highest BCUT2D eigenvalue weighted by atomic mass is 16.5. The summed E-state index contributed by atoms with van der Waals surface area (Å²) >= 11 is 0. The Kier molecular flexibility index (Phi) is 21.1. The van der Waals surface area contributed by atoms with Gasteiger partial charge in [0.05, 0.1) is 81.9 Å². The van der Waals surface area contributed by atoms with Crippen LogP contribution in [0.3, 0.4) is 0 Å². The van der Waals surface area contributed by atoms with Gasteiger partial charge in [0.15, 0.2) is 0 Å². The van der Waals surface area contributed by atoms with E-state index in [-0.39, 0.29) is 34.5 Å². The van der Waals surface area contributed by atoms with Gasteiger partial charge in [-0.1, -0.05) is 36.4 Å². The highest BCUT2D eigenvalue weighted by Gasteiger charge is 2.28. The molecule has 0 unspecified atom stereocenters. The molecule has 0 saturated heterocycles. The molecule has 0 radical (unpaired) electrons. The van der Waals surface area contributed by atoms with E-state index < -0.39 is 0 Å². The van der Waals surface area contributed by atoms with Gasteiger partial charge in [-0.3, -0.25) is 30.0 Å². The van der Waals surface area contributed by atoms with Crippen LogP contribution in [-0.4, -0.2) is 150 Å². The molecule has 42 heterocycles. The van der Waals surface area contributed by atoms with E-state index in [2.05, 4.69) is 103 Å². The molecule has 44 aliphatic rings. The number of benzene rings is 12. The summed E-state index contributed by atoms with van der Waals surface area (Å²) in [4.78, 5) is 28.0. The third-order valence-corrected chi connectivity index (χ3v) is 21.9. The Labute approximate surface area is 661 Å². The minimum Gasteiger partial charge on any atom is -0.507 e. The number of phenolic OH excluding ortho intramolecular Hbond substituents is 6. The van der Waals surface area contributed by atoms with Crippen molar-refractivity contribution in [3.8, 4) is 136 Å². The minimum absolute atomic E-state index is 0.0253. The first kappa shape index (κ1) is 74.4. The molecule has 18 nitrogen and oxygen atoms in total. The molecule has 0 atom stereocenters. The Balaban J connectivity index is 0.856. The van der Waals surface area contributed by atoms with Gasteiger partial charge in [-0.2, -0.15) is 0 Å². The minimum atomic E-state index is 0.0253. The Hall–Kier alpha value is -13.7. The van der Waals surface area contributed by atoms with Crippen molar-refractivity contribution in [2.75, 3.05) is 81.9 Å². The van der Waals surface area contributed by atoms with Crippen LogP contribution in [0.2, 0.25) is 0 Å². The van der Waals surface area contributed by atoms with Gasteiger partial charge in [0, 0.05) is 104 Å². The zero-order valence-electron chi connectivity index (χ0n) is 64.1. The lowest BCUT2D eigenvalue weighted by Gasteiger charge is -2.19. The number of rotatable bonds is 6. The zero-order valence-corrected chi connectivity index (χ0v) is 64.1. The summed E-state index contributed by atoms with van der Waals surface area (Å²) < 4.78 is 37.5. The van der Waals surface area contributed by atoms with E-state index in [9.17, 15) is 30.6 Å². The normalized spacial score (nSPS) is 13.6. The molecule has 2 aliphatic carbocycles. The predicted molar refractivity (Wildman–Crippen MR) is 452 cm³/mol. The van der Waals surface area contributed by atoms with Crippen molar-refractivity contribution in [2.45, 2.75) is 38.5 Å². The van der Waals surface area contributed by atoms with Crippen molar-refractivity contribution in [1.29, 1.82) is 0 Å². The maximum Gasteiger partial charge on any atom is 0.126 e. The average molecular weight is 1510 g/mol. The number of ether oxygens (including phenoxy) is 6. The second kappa shape index (κ2) is 32.3. The van der Waals surface area contributed by atoms with E-state index in [0.717, 1.165) is 134 Å². The summed E-state index contributed by atoms with van der Waals surface area (Å²) in [5.41, 5.74) is 24.2. The third-order valence-electron chi connectivity index (χ3n) is 21.9. The van der Waals surface area contributed by atoms with Crippen molar-refractivity contribution in [2.24, 2.45) is 30.0 Å². The molecule has 0 fully saturated rings. The fourth-order valence-corrected chi connectivity index (χ4v) is 15.8. The summed E-state index contributed by atoms with van der Waals surface area (Å²) in [7, 11) is 9.88. The molecular formula is C96H84N6O12. The first-order chi connectivity index (χ1) is 55.6. The van der Waals surface area contributed by atoms with Crippen LogP contribution < -0.4 is 28.4 Å². The number of hydrogen-bond donors (Lipinski definition) is 6. The van der Waals surface area contributed by atoms with Crippen LogP contribution in [-0.2, 0) is 38.5 Å². The van der Waals surface area contributed by atoms with Crippen molar-refractivity contribution in [1.82, 2.24) is 0 Å². The van der Waals surface area contributed by atoms with E-state index in [0.29, 0.717) is 146 Å². The van der Waals surface area contributed by atoms with Crippen LogP contribution in [0.25, 0.3) is 66.8 Å². The van der Waals surface area contributed by atoms with E-state index in [4.69, 9.17) is 28.4 Å². The van der Waals surface area contributed by atoms with Gasteiger partial charge in [-0.05, 0) is 284 Å². The van der Waals surface area contributed by atoms with E-state index in [1.807, 2.05) is 72.8 Å². The molecule has 6 N–H and O–H groups in total. The molecule has 0 saturated carbocycles. The average Bonchev–Trinajstić information content (AvgIpc) is 1.51. The van der Waals surface area contributed by atoms with Gasteiger partial charge in [0.25, 0.3) is 0 Å². The van der Waals surface area contributed by atoms with Crippen LogP contribution in [0.5, 0.6) is 69.0 Å². The highest BCUT2D eigenvalue weighted by Crippen LogP contribution is 2.47. The molecule has 30 bridgehead atoms. The summed E-state index contributed by atoms with van der Waals surface area (Å²) in [6.45, 7) is 1.80. The van der Waals surface area contributed by atoms with E-state index in [1.54, 1.807) is 116 Å². The smallest absolute Gasteiger partial charge is 0.126 e. The van der Waals surface area contributed by atoms with Crippen molar-refractivity contribution >= 4 is 37.3 Å². The summed E-state index contributed by atoms with van der Waals surface area (Å²) in [6, 6.07) is 58.4. The standard InChI is InChI=1S/C96H84N6O12/c1-109-91-43-73-27-71-35-83-59-11-17-65(89(107)41-59)53-102-24-22-98-50-62-14-8-56(38-86(62)104)80-32-68-26-70-34-82-58-10-16-64(88(106)40-58)52-100-20-19-99-51-63-15-9-57(39-87(63)105)81-33-69(75(45-93(81)111-3)29-77(71)47-95(83)113-5)25-67(73)31-79(91)55-7-13-61(85(103)37-55)49-97-21-23-101-54-66-18-12-60(42-90(66)108)84-36-72(28-74(68)44-92(80)110-2)78(48-96(84)114-6)30-76(70)46-94(82)112-4/h7-18,31-54,103-108H,19-30H2,1-6H3. The summed E-state index contributed by atoms with van der Waals surface area (Å²) in [5.74, 6) is 3.81. The van der Waals surface area contributed by atoms with Crippen molar-refractivity contribution in [3.63, 3.8) is 0 Å². The molecule has 56 rings (SSSR count). The number of aliphatic imine (C=N–C) groups is 6. The zero-order chi connectivity index (χ0) is 78.7. The third kappa shape index (κ3) is 15.2. The largest absolute Gasteiger partial charge is 0.507 e. The monoisotopic (exact) mass is 1510 g/mol. The SMILES string of the molecule is COc1cc2c3cc1-c1ccc(c(O)c1)C=NCCN=Cc1ccc(cc1O)-c1cc4c(cc1OC)Cc1cc5c(OC)cc1Cc1cc(OC)c(cc1C4)-c1ccc(c(O)c1)C=NCCN=Cc1ccc(cc1O)-c1cc(c(cc1OC)C2)Cc1cc(c(OC)cc1C3)-c1ccc(c(O)c1)C=NCCN=Cc1ccc-5cc1O. The number of hydrogen-bond acceptors (Lipinski definition) is 18. The molecule has 0 spiro atoms. The molecular weight excluding hydrogens is 1430 g/mol. The lowest BCUT2D eigenvalue weighted by atomic mass is 9.89. The topological polar surface area (TPSA) is 251 Å². The molecule has 0 aromatic heterocycles. The molecule has 12 aromatic carbocycles. The van der Waals surface area contributed by atoms with Crippen LogP contribution in [0.15, 0.2) is 212 Å². The first-order valence-electron chi connectivity index (χ1n) is 37.8. The lowest BCUT2D eigenvalue weighted by molar-refractivity contribution is 0.415. The summed E-state index contributed by atoms with van der Waals surface area (Å²) in [5, 5.41) is 70.7. The lowest BCUT2D eigenvalue weighted by Crippen LogP contribution is -2.02. The molecule has 42 aliphatic heterocycles. The van der Waals surface area contributed by atoms with Gasteiger partial charge < -0.3 is 59.1 Å². The Bertz CT molecular complexity index is 5650. The van der Waals surface area contributed by atoms with Crippen LogP contribution >= 0.6 is 0 Å². The number of phenols is 6. The van der Waals surface area contributed by atoms with Gasteiger partial charge in [0.2, 0.25) is 0 Å². The summed E-state index contributed by atoms with van der Waals surface area (Å²) in [6.07, 6.45) is 12.8. The van der Waals surface area contributed by atoms with Crippen LogP contribution in [0, 0.1) is 0 Å². The Morgan fingerprint density at radius 2 is 0.333 bits per heavy atom. The Morgan fingerprint density at radius 1 is 0.193 bits per heavy atom. The Morgan fingerprint density at radius 3 is 0.465 bits per heavy atom. The number of aromatic hydroxyl groups is 6. The fourth-order valence-electron chi connectivity index (χ4n) is 15.8. The van der Waals surface area contributed by atoms with Crippen molar-refractivity contribution < 1.29 is 59.1 Å². The first-order valence-corrected chi connectivity index (χ1v) is 37.8. The predicted octanol–water partition coefficient (Wildman–Crippen LogP) is 17.4. The van der Waals surface area contributed by atoms with Gasteiger partial charge in [-0.15, -0.1) is 0 Å². The highest BCUT2D eigenvalue weighted by molar-refractivity contribution is 5.92. The van der Waals surface area contributed by atoms with Gasteiger partial charge in [0.1, 0.15) is 69.0 Å². The second-order valence-electron chi connectivity index (χ2n) is 28.8. The van der Waals surface area contributed by atoms with Gasteiger partial charge >= 0.3 is 0 Å². The molecule has 0 amide bonds. The number of nitrogens with zero attached hydrogens (tertiary/aromatic N) is 6. The van der Waals surface area contributed by atoms with Crippen LogP contribution in [0.4, 0.5) is 0 Å². The second-order valence-corrected chi connectivity index (χ2v) is 28.8. The molecule has 114 heavy (non-hydrogen) atoms. The van der Waals surface area contributed by atoms with Crippen LogP contribution in [0.1, 0.15) is 100 Å². The quantitative estimate of drug-likeness (QED) is 0.0909. The van der Waals surface area contributed by atoms with Crippen molar-refractivity contribution in [3.05, 3.63) is 282 Å². The maximum atomic E-state index is 11.8. The fraction of sp³-hybridized carbons (Fsp3) is 0.188. The van der Waals surface area contributed by atoms with Gasteiger partial charge in [-0.25, -0.2) is 0 Å². The molecule has 12 aromatic rings. The van der Waals surface area contributed by atoms with E-state index in [1.165, 1.54) is 0 Å². The number of methoxy groups -OCH3 is 6. The molecule has 18 heteroatoms. The maximum absolute atomic E-state index is 11.8.